The molecule has 0 aliphatic carbocycles. The predicted molar refractivity (Wildman–Crippen MR) is 78.7 cm³/mol. The Hall–Kier alpha value is -2.04. The monoisotopic (exact) mass is 288 g/mol. The van der Waals surface area contributed by atoms with E-state index >= 15 is 0 Å². The fraction of sp³-hybridized carbons (Fsp3) is 0.133. The van der Waals surface area contributed by atoms with Crippen molar-refractivity contribution in [3.63, 3.8) is 0 Å². The van der Waals surface area contributed by atoms with Crippen LogP contribution in [-0.2, 0) is 0 Å². The van der Waals surface area contributed by atoms with Crippen LogP contribution in [0.1, 0.15) is 0 Å². The lowest BCUT2D eigenvalue weighted by Crippen LogP contribution is -2.01. The second-order valence-electron chi connectivity index (χ2n) is 4.31. The zero-order valence-corrected chi connectivity index (χ0v) is 11.4. The molecule has 0 aliphatic rings. The summed E-state index contributed by atoms with van der Waals surface area (Å²) in [7, 11) is 0. The van der Waals surface area contributed by atoms with E-state index in [0.29, 0.717) is 11.6 Å². The third-order valence-corrected chi connectivity index (χ3v) is 3.22. The molecule has 0 atom stereocenters. The van der Waals surface area contributed by atoms with Gasteiger partial charge in [0.1, 0.15) is 18.7 Å². The van der Waals surface area contributed by atoms with Gasteiger partial charge in [0.2, 0.25) is 0 Å². The Bertz CT molecular complexity index is 722. The molecule has 1 N–H and O–H groups in total. The number of hydrogen-bond acceptors (Lipinski definition) is 3. The smallest absolute Gasteiger partial charge is 0.119 e. The lowest BCUT2D eigenvalue weighted by Gasteiger charge is -2.07. The number of benzene rings is 2. The third-order valence-electron chi connectivity index (χ3n) is 2.98. The number of aliphatic hydroxyl groups is 1. The first-order valence-electron chi connectivity index (χ1n) is 6.24. The number of ether oxygens (including phenoxy) is 1. The number of imidazole rings is 1. The molecule has 0 saturated heterocycles. The summed E-state index contributed by atoms with van der Waals surface area (Å²) in [6.07, 6.45) is 1.77. The number of nitrogens with zero attached hydrogens (tertiary/aromatic N) is 2. The highest BCUT2D eigenvalue weighted by atomic mass is 35.5. The quantitative estimate of drug-likeness (QED) is 0.803. The van der Waals surface area contributed by atoms with Crippen molar-refractivity contribution in [3.05, 3.63) is 53.8 Å². The minimum Gasteiger partial charge on any atom is -0.491 e. The van der Waals surface area contributed by atoms with Crippen molar-refractivity contribution in [1.29, 1.82) is 0 Å². The molecular weight excluding hydrogens is 276 g/mol. The first kappa shape index (κ1) is 13.0. The van der Waals surface area contributed by atoms with Crippen LogP contribution in [0.25, 0.3) is 16.7 Å². The summed E-state index contributed by atoms with van der Waals surface area (Å²) in [4.78, 5) is 4.35. The van der Waals surface area contributed by atoms with Crippen LogP contribution in [0.2, 0.25) is 5.02 Å². The number of aromatic nitrogens is 2. The SMILES string of the molecule is OCCOc1ccc(-n2cnc3ccc(Cl)cc32)cc1. The number of fused-ring (bicyclic) bond motifs is 1. The highest BCUT2D eigenvalue weighted by molar-refractivity contribution is 6.31. The van der Waals surface area contributed by atoms with Gasteiger partial charge in [-0.15, -0.1) is 0 Å². The van der Waals surface area contributed by atoms with E-state index in [1.54, 1.807) is 6.33 Å². The van der Waals surface area contributed by atoms with Gasteiger partial charge in [-0.1, -0.05) is 11.6 Å². The van der Waals surface area contributed by atoms with Gasteiger partial charge in [-0.3, -0.25) is 4.57 Å². The molecule has 0 bridgehead atoms. The van der Waals surface area contributed by atoms with Crippen molar-refractivity contribution in [2.45, 2.75) is 0 Å². The maximum Gasteiger partial charge on any atom is 0.119 e. The Morgan fingerprint density at radius 3 is 2.70 bits per heavy atom. The number of aliphatic hydroxyl groups excluding tert-OH is 1. The molecule has 0 saturated carbocycles. The molecule has 102 valence electrons. The molecule has 1 heterocycles. The molecule has 3 aromatic rings. The van der Waals surface area contributed by atoms with Crippen molar-refractivity contribution < 1.29 is 9.84 Å². The Morgan fingerprint density at radius 1 is 1.15 bits per heavy atom. The maximum absolute atomic E-state index is 8.73. The van der Waals surface area contributed by atoms with E-state index in [1.807, 2.05) is 47.0 Å². The summed E-state index contributed by atoms with van der Waals surface area (Å²) in [5.41, 5.74) is 2.84. The number of rotatable bonds is 4. The Balaban J connectivity index is 1.96. The van der Waals surface area contributed by atoms with E-state index in [1.165, 1.54) is 0 Å². The molecule has 0 aliphatic heterocycles. The van der Waals surface area contributed by atoms with Gasteiger partial charge < -0.3 is 9.84 Å². The summed E-state index contributed by atoms with van der Waals surface area (Å²) in [6, 6.07) is 13.2. The highest BCUT2D eigenvalue weighted by Gasteiger charge is 2.05. The molecule has 0 spiro atoms. The molecule has 1 aromatic heterocycles. The molecular formula is C15H13ClN2O2. The summed E-state index contributed by atoms with van der Waals surface area (Å²) in [6.45, 7) is 0.301. The Morgan fingerprint density at radius 2 is 1.95 bits per heavy atom. The maximum atomic E-state index is 8.73. The first-order chi connectivity index (χ1) is 9.78. The molecule has 2 aromatic carbocycles. The van der Waals surface area contributed by atoms with Crippen LogP contribution in [0.5, 0.6) is 5.75 Å². The number of hydrogen-bond donors (Lipinski definition) is 1. The van der Waals surface area contributed by atoms with Crippen LogP contribution in [0.15, 0.2) is 48.8 Å². The van der Waals surface area contributed by atoms with Crippen LogP contribution in [0.3, 0.4) is 0 Å². The lowest BCUT2D eigenvalue weighted by molar-refractivity contribution is 0.201. The van der Waals surface area contributed by atoms with Crippen molar-refractivity contribution >= 4 is 22.6 Å². The van der Waals surface area contributed by atoms with Gasteiger partial charge in [0.05, 0.1) is 17.6 Å². The average molecular weight is 289 g/mol. The van der Waals surface area contributed by atoms with Crippen LogP contribution < -0.4 is 4.74 Å². The van der Waals surface area contributed by atoms with Crippen LogP contribution in [0, 0.1) is 0 Å². The van der Waals surface area contributed by atoms with Crippen molar-refractivity contribution in [3.8, 4) is 11.4 Å². The van der Waals surface area contributed by atoms with Gasteiger partial charge in [0, 0.05) is 10.7 Å². The normalized spacial score (nSPS) is 10.9. The lowest BCUT2D eigenvalue weighted by atomic mass is 10.2. The van der Waals surface area contributed by atoms with Gasteiger partial charge in [-0.25, -0.2) is 4.98 Å². The summed E-state index contributed by atoms with van der Waals surface area (Å²) < 4.78 is 7.31. The molecule has 20 heavy (non-hydrogen) atoms. The van der Waals surface area contributed by atoms with Crippen LogP contribution in [-0.4, -0.2) is 27.9 Å². The Kier molecular flexibility index (Phi) is 3.58. The van der Waals surface area contributed by atoms with Gasteiger partial charge in [0.25, 0.3) is 0 Å². The van der Waals surface area contributed by atoms with Gasteiger partial charge in [0.15, 0.2) is 0 Å². The molecule has 5 heteroatoms. The van der Waals surface area contributed by atoms with Crippen molar-refractivity contribution in [1.82, 2.24) is 9.55 Å². The van der Waals surface area contributed by atoms with E-state index in [-0.39, 0.29) is 6.61 Å². The second kappa shape index (κ2) is 5.53. The molecule has 0 radical (unpaired) electrons. The van der Waals surface area contributed by atoms with Crippen molar-refractivity contribution in [2.75, 3.05) is 13.2 Å². The number of halogens is 1. The summed E-state index contributed by atoms with van der Waals surface area (Å²) in [5, 5.41) is 9.41. The zero-order chi connectivity index (χ0) is 13.9. The minimum absolute atomic E-state index is 0.00636. The third kappa shape index (κ3) is 2.48. The fourth-order valence-electron chi connectivity index (χ4n) is 2.05. The van der Waals surface area contributed by atoms with Crippen molar-refractivity contribution in [2.24, 2.45) is 0 Å². The minimum atomic E-state index is 0.00636. The molecule has 3 rings (SSSR count). The summed E-state index contributed by atoms with van der Waals surface area (Å²) >= 11 is 6.03. The average Bonchev–Trinajstić information content (AvgIpc) is 2.88. The van der Waals surface area contributed by atoms with Crippen LogP contribution in [0.4, 0.5) is 0 Å². The fourth-order valence-corrected chi connectivity index (χ4v) is 2.22. The molecule has 0 unspecified atom stereocenters. The van der Waals surface area contributed by atoms with E-state index in [0.717, 1.165) is 22.5 Å². The standard InChI is InChI=1S/C15H13ClN2O2/c16-11-1-6-14-15(9-11)18(10-17-14)12-2-4-13(5-3-12)20-8-7-19/h1-6,9-10,19H,7-8H2. The van der Waals surface area contributed by atoms with Crippen LogP contribution >= 0.6 is 11.6 Å². The zero-order valence-electron chi connectivity index (χ0n) is 10.7. The van der Waals surface area contributed by atoms with E-state index in [2.05, 4.69) is 4.98 Å². The summed E-state index contributed by atoms with van der Waals surface area (Å²) in [5.74, 6) is 0.727. The van der Waals surface area contributed by atoms with Gasteiger partial charge >= 0.3 is 0 Å². The second-order valence-corrected chi connectivity index (χ2v) is 4.75. The molecule has 0 fully saturated rings. The topological polar surface area (TPSA) is 47.3 Å². The molecule has 4 nitrogen and oxygen atoms in total. The first-order valence-corrected chi connectivity index (χ1v) is 6.62. The van der Waals surface area contributed by atoms with E-state index in [4.69, 9.17) is 21.4 Å². The molecule has 0 amide bonds. The van der Waals surface area contributed by atoms with Gasteiger partial charge in [-0.2, -0.15) is 0 Å². The predicted octanol–water partition coefficient (Wildman–Crippen LogP) is 3.05. The largest absolute Gasteiger partial charge is 0.491 e. The van der Waals surface area contributed by atoms with E-state index in [9.17, 15) is 0 Å². The highest BCUT2D eigenvalue weighted by Crippen LogP contribution is 2.23. The van der Waals surface area contributed by atoms with E-state index < -0.39 is 0 Å². The Labute approximate surface area is 121 Å². The van der Waals surface area contributed by atoms with Gasteiger partial charge in [-0.05, 0) is 42.5 Å².